The van der Waals surface area contributed by atoms with Gasteiger partial charge < -0.3 is 14.9 Å². The molecule has 0 amide bonds. The first-order valence-electron chi connectivity index (χ1n) is 13.5. The van der Waals surface area contributed by atoms with Crippen LogP contribution in [-0.2, 0) is 24.1 Å². The van der Waals surface area contributed by atoms with E-state index in [0.717, 1.165) is 74.3 Å². The second kappa shape index (κ2) is 10.3. The number of fused-ring (bicyclic) bond motifs is 1. The second-order valence-electron chi connectivity index (χ2n) is 11.5. The van der Waals surface area contributed by atoms with Crippen LogP contribution in [0.3, 0.4) is 0 Å². The van der Waals surface area contributed by atoms with E-state index in [-0.39, 0.29) is 6.42 Å². The zero-order valence-electron chi connectivity index (χ0n) is 22.7. The van der Waals surface area contributed by atoms with E-state index in [9.17, 15) is 9.90 Å². The molecule has 1 aliphatic carbocycles. The number of nitrogens with zero attached hydrogens (tertiary/aromatic N) is 2. The van der Waals surface area contributed by atoms with Gasteiger partial charge in [-0.15, -0.1) is 0 Å². The number of pyridine rings is 2. The normalized spacial score (nSPS) is 14.7. The summed E-state index contributed by atoms with van der Waals surface area (Å²) in [7, 11) is 0. The molecule has 4 aromatic rings. The largest absolute Gasteiger partial charge is 0.493 e. The predicted molar refractivity (Wildman–Crippen MR) is 151 cm³/mol. The van der Waals surface area contributed by atoms with Crippen molar-refractivity contribution in [1.29, 1.82) is 0 Å². The first kappa shape index (κ1) is 26.1. The Hall–Kier alpha value is -3.51. The summed E-state index contributed by atoms with van der Waals surface area (Å²) in [6, 6.07) is 12.3. The van der Waals surface area contributed by atoms with Gasteiger partial charge in [0.15, 0.2) is 0 Å². The van der Waals surface area contributed by atoms with E-state index in [4.69, 9.17) is 19.8 Å². The highest BCUT2D eigenvalue weighted by atomic mass is 16.5. The van der Waals surface area contributed by atoms with Crippen molar-refractivity contribution in [3.05, 3.63) is 65.0 Å². The van der Waals surface area contributed by atoms with Crippen molar-refractivity contribution in [3.8, 4) is 16.9 Å². The molecule has 2 aliphatic rings. The number of benzene rings is 2. The van der Waals surface area contributed by atoms with Crippen LogP contribution in [0.4, 0.5) is 0 Å². The summed E-state index contributed by atoms with van der Waals surface area (Å²) in [5.41, 5.74) is 7.25. The Morgan fingerprint density at radius 2 is 1.89 bits per heavy atom. The van der Waals surface area contributed by atoms with Crippen molar-refractivity contribution in [1.82, 2.24) is 9.97 Å². The number of carboxylic acids is 1. The van der Waals surface area contributed by atoms with Gasteiger partial charge in [0.1, 0.15) is 5.75 Å². The smallest absolute Gasteiger partial charge is 0.307 e. The Morgan fingerprint density at radius 1 is 1.13 bits per heavy atom. The van der Waals surface area contributed by atoms with Crippen LogP contribution in [0.1, 0.15) is 62.4 Å². The van der Waals surface area contributed by atoms with Crippen molar-refractivity contribution in [2.45, 2.75) is 71.8 Å². The number of hydrogen-bond donors (Lipinski definition) is 2. The number of aryl methyl sites for hydroxylation is 2. The fourth-order valence-corrected chi connectivity index (χ4v) is 5.18. The van der Waals surface area contributed by atoms with Crippen LogP contribution in [0, 0.1) is 12.8 Å². The lowest BCUT2D eigenvalue weighted by atomic mass is 9.87. The molecule has 0 bridgehead atoms. The molecular weight excluding hydrogens is 476 g/mol. The van der Waals surface area contributed by atoms with Crippen molar-refractivity contribution < 1.29 is 19.7 Å². The molecule has 1 saturated carbocycles. The van der Waals surface area contributed by atoms with Gasteiger partial charge in [-0.25, -0.2) is 0 Å². The topological polar surface area (TPSA) is 92.5 Å². The summed E-state index contributed by atoms with van der Waals surface area (Å²) >= 11 is 0. The van der Waals surface area contributed by atoms with Crippen LogP contribution >= 0.6 is 0 Å². The fraction of sp³-hybridized carbons (Fsp3) is 0.406. The number of carboxylic acid groups (broad SMARTS) is 1. The minimum atomic E-state index is -0.841. The number of hydrogen-bond acceptors (Lipinski definition) is 5. The summed E-state index contributed by atoms with van der Waals surface area (Å²) < 4.78 is 5.91. The van der Waals surface area contributed by atoms with Crippen LogP contribution in [-0.4, -0.2) is 38.4 Å². The van der Waals surface area contributed by atoms with Gasteiger partial charge in [-0.05, 0) is 99.0 Å². The number of ether oxygens (including phenoxy) is 1. The molecule has 2 aromatic carbocycles. The van der Waals surface area contributed by atoms with Gasteiger partial charge in [0.2, 0.25) is 0 Å². The number of aromatic nitrogens is 2. The van der Waals surface area contributed by atoms with Gasteiger partial charge in [0.25, 0.3) is 0 Å². The molecule has 6 heteroatoms. The molecule has 6 nitrogen and oxygen atoms in total. The lowest BCUT2D eigenvalue weighted by molar-refractivity contribution is -0.136. The van der Waals surface area contributed by atoms with Crippen LogP contribution in [0.2, 0.25) is 0 Å². The van der Waals surface area contributed by atoms with E-state index in [1.807, 2.05) is 31.3 Å². The van der Waals surface area contributed by atoms with E-state index >= 15 is 0 Å². The van der Waals surface area contributed by atoms with Crippen molar-refractivity contribution in [2.24, 2.45) is 5.92 Å². The van der Waals surface area contributed by atoms with Crippen LogP contribution in [0.15, 0.2) is 42.6 Å². The molecule has 0 radical (unpaired) electrons. The minimum Gasteiger partial charge on any atom is -0.493 e. The molecule has 2 N–H and O–H groups in total. The molecule has 2 aromatic heterocycles. The van der Waals surface area contributed by atoms with Crippen LogP contribution in [0.5, 0.6) is 5.75 Å². The Labute approximate surface area is 223 Å². The van der Waals surface area contributed by atoms with Crippen LogP contribution in [0.25, 0.3) is 32.9 Å². The third kappa shape index (κ3) is 5.81. The Balaban J connectivity index is 0.000000540. The van der Waals surface area contributed by atoms with E-state index in [2.05, 4.69) is 18.2 Å². The standard InChI is InChI=1S/C28H26N2O3.C4H10O/c1-16-14-23-20(7-6-19(30-23)5-4-17-2-3-17)27(22(16)15-25(31)32)21-8-9-24-26-18(11-13-33-24)10-12-29-28(21)26;1-4(2,3)5/h6-10,12,14,17H,2-5,11,13,15H2,1H3,(H,31,32);5H,1-3H3. The van der Waals surface area contributed by atoms with Crippen molar-refractivity contribution in [2.75, 3.05) is 6.61 Å². The van der Waals surface area contributed by atoms with E-state index in [1.54, 1.807) is 20.8 Å². The molecule has 0 saturated heterocycles. The molecule has 6 rings (SSSR count). The summed E-state index contributed by atoms with van der Waals surface area (Å²) in [6.45, 7) is 7.88. The third-order valence-electron chi connectivity index (χ3n) is 7.05. The van der Waals surface area contributed by atoms with Gasteiger partial charge >= 0.3 is 5.97 Å². The van der Waals surface area contributed by atoms with Gasteiger partial charge in [-0.3, -0.25) is 14.8 Å². The molecule has 38 heavy (non-hydrogen) atoms. The average molecular weight is 513 g/mol. The first-order valence-corrected chi connectivity index (χ1v) is 13.5. The molecule has 1 aliphatic heterocycles. The lowest BCUT2D eigenvalue weighted by Crippen LogP contribution is -2.10. The van der Waals surface area contributed by atoms with E-state index in [1.165, 1.54) is 24.8 Å². The molecule has 1 fully saturated rings. The average Bonchev–Trinajstić information content (AvgIpc) is 3.68. The predicted octanol–water partition coefficient (Wildman–Crippen LogP) is 6.44. The zero-order valence-corrected chi connectivity index (χ0v) is 22.7. The molecule has 0 atom stereocenters. The maximum atomic E-state index is 11.8. The van der Waals surface area contributed by atoms with E-state index in [0.29, 0.717) is 6.61 Å². The van der Waals surface area contributed by atoms with E-state index < -0.39 is 11.6 Å². The summed E-state index contributed by atoms with van der Waals surface area (Å²) in [4.78, 5) is 21.6. The highest BCUT2D eigenvalue weighted by Crippen LogP contribution is 2.42. The lowest BCUT2D eigenvalue weighted by Gasteiger charge is -2.21. The molecule has 0 spiro atoms. The minimum absolute atomic E-state index is 0.0417. The summed E-state index contributed by atoms with van der Waals surface area (Å²) in [5.74, 6) is 0.871. The Bertz CT molecular complexity index is 1500. The van der Waals surface area contributed by atoms with Gasteiger partial charge in [-0.1, -0.05) is 18.9 Å². The highest BCUT2D eigenvalue weighted by molar-refractivity contribution is 6.07. The summed E-state index contributed by atoms with van der Waals surface area (Å²) in [6.07, 6.45) is 7.53. The molecule has 198 valence electrons. The SMILES string of the molecule is CC(C)(C)O.Cc1cc2nc(CCC3CC3)ccc2c(-c2ccc3c4c(ccnc24)CCO3)c1CC(=O)O. The maximum absolute atomic E-state index is 11.8. The van der Waals surface area contributed by atoms with Gasteiger partial charge in [-0.2, -0.15) is 0 Å². The molecular formula is C32H36N2O4. The number of rotatable bonds is 6. The number of aliphatic hydroxyl groups is 1. The highest BCUT2D eigenvalue weighted by Gasteiger charge is 2.23. The van der Waals surface area contributed by atoms with Crippen molar-refractivity contribution >= 4 is 27.8 Å². The zero-order chi connectivity index (χ0) is 27.0. The summed E-state index contributed by atoms with van der Waals surface area (Å²) in [5, 5.41) is 20.2. The van der Waals surface area contributed by atoms with Crippen molar-refractivity contribution in [3.63, 3.8) is 0 Å². The molecule has 3 heterocycles. The first-order chi connectivity index (χ1) is 18.1. The second-order valence-corrected chi connectivity index (χ2v) is 11.5. The Morgan fingerprint density at radius 3 is 2.61 bits per heavy atom. The molecule has 0 unspecified atom stereocenters. The monoisotopic (exact) mass is 512 g/mol. The Kier molecular flexibility index (Phi) is 7.10. The third-order valence-corrected chi connectivity index (χ3v) is 7.05. The fourth-order valence-electron chi connectivity index (χ4n) is 5.18. The van der Waals surface area contributed by atoms with Gasteiger partial charge in [0.05, 0.1) is 29.7 Å². The quantitative estimate of drug-likeness (QED) is 0.309. The number of aliphatic carboxylic acids is 1. The number of carbonyl (C=O) groups is 1. The van der Waals surface area contributed by atoms with Crippen LogP contribution < -0.4 is 4.74 Å². The maximum Gasteiger partial charge on any atom is 0.307 e. The van der Waals surface area contributed by atoms with Gasteiger partial charge in [0, 0.05) is 34.6 Å².